The van der Waals surface area contributed by atoms with Gasteiger partial charge in [-0.2, -0.15) is 5.10 Å². The van der Waals surface area contributed by atoms with Crippen molar-refractivity contribution in [3.8, 4) is 5.69 Å². The molecule has 1 amide bonds. The van der Waals surface area contributed by atoms with Gasteiger partial charge in [-0.25, -0.2) is 4.68 Å². The van der Waals surface area contributed by atoms with E-state index < -0.39 is 0 Å². The maximum absolute atomic E-state index is 13.0. The number of hydrogen-bond donors (Lipinski definition) is 1. The second-order valence-electron chi connectivity index (χ2n) is 7.28. The molecule has 0 bridgehead atoms. The van der Waals surface area contributed by atoms with E-state index in [1.165, 1.54) is 0 Å². The average molecular weight is 390 g/mol. The van der Waals surface area contributed by atoms with Gasteiger partial charge in [-0.3, -0.25) is 9.69 Å². The maximum Gasteiger partial charge on any atom is 0.251 e. The fourth-order valence-electron chi connectivity index (χ4n) is 3.60. The third-order valence-electron chi connectivity index (χ3n) is 5.26. The molecule has 6 nitrogen and oxygen atoms in total. The number of aromatic nitrogens is 2. The molecule has 150 valence electrons. The monoisotopic (exact) mass is 390 g/mol. The highest BCUT2D eigenvalue weighted by molar-refractivity contribution is 5.94. The Bertz CT molecular complexity index is 931. The quantitative estimate of drug-likeness (QED) is 0.703. The molecule has 0 spiro atoms. The fraction of sp³-hybridized carbons (Fsp3) is 0.304. The first-order valence-corrected chi connectivity index (χ1v) is 9.98. The lowest BCUT2D eigenvalue weighted by Crippen LogP contribution is -2.43. The van der Waals surface area contributed by atoms with Crippen LogP contribution in [0.25, 0.3) is 5.69 Å². The lowest BCUT2D eigenvalue weighted by molar-refractivity contribution is 0.0332. The normalized spacial score (nSPS) is 15.8. The van der Waals surface area contributed by atoms with Crippen LogP contribution >= 0.6 is 0 Å². The zero-order chi connectivity index (χ0) is 20.1. The molecule has 6 heteroatoms. The van der Waals surface area contributed by atoms with Gasteiger partial charge in [0.1, 0.15) is 0 Å². The smallest absolute Gasteiger partial charge is 0.251 e. The Morgan fingerprint density at radius 1 is 1.07 bits per heavy atom. The molecule has 2 aromatic carbocycles. The standard InChI is InChI=1S/C23H26N4O2/c1-18-11-12-24-27(18)21-9-7-20(8-10-21)23(28)25-22(19-5-3-2-4-6-19)17-26-13-15-29-16-14-26/h2-12,22H,13-17H2,1H3,(H,25,28)/t22-/m1/s1. The van der Waals surface area contributed by atoms with Crippen LogP contribution in [0.5, 0.6) is 0 Å². The Kier molecular flexibility index (Phi) is 6.03. The van der Waals surface area contributed by atoms with E-state index in [1.807, 2.05) is 60.1 Å². The minimum absolute atomic E-state index is 0.0733. The van der Waals surface area contributed by atoms with Crippen molar-refractivity contribution in [3.05, 3.63) is 83.7 Å². The Morgan fingerprint density at radius 2 is 1.79 bits per heavy atom. The molecule has 0 aliphatic carbocycles. The molecule has 2 heterocycles. The minimum Gasteiger partial charge on any atom is -0.379 e. The van der Waals surface area contributed by atoms with E-state index in [-0.39, 0.29) is 11.9 Å². The van der Waals surface area contributed by atoms with Gasteiger partial charge in [-0.05, 0) is 42.8 Å². The third-order valence-corrected chi connectivity index (χ3v) is 5.26. The molecule has 4 rings (SSSR count). The number of nitrogens with zero attached hydrogens (tertiary/aromatic N) is 3. The summed E-state index contributed by atoms with van der Waals surface area (Å²) in [7, 11) is 0. The zero-order valence-corrected chi connectivity index (χ0v) is 16.6. The summed E-state index contributed by atoms with van der Waals surface area (Å²) >= 11 is 0. The molecule has 0 unspecified atom stereocenters. The molecule has 1 aliphatic rings. The van der Waals surface area contributed by atoms with Crippen LogP contribution in [0.15, 0.2) is 66.9 Å². The number of hydrogen-bond acceptors (Lipinski definition) is 4. The lowest BCUT2D eigenvalue weighted by Gasteiger charge is -2.31. The zero-order valence-electron chi connectivity index (χ0n) is 16.6. The average Bonchev–Trinajstić information content (AvgIpc) is 3.20. The van der Waals surface area contributed by atoms with Gasteiger partial charge in [-0.15, -0.1) is 0 Å². The molecular formula is C23H26N4O2. The number of morpholine rings is 1. The highest BCUT2D eigenvalue weighted by Gasteiger charge is 2.20. The number of amides is 1. The van der Waals surface area contributed by atoms with E-state index in [1.54, 1.807) is 6.20 Å². The van der Waals surface area contributed by atoms with Crippen LogP contribution in [-0.4, -0.2) is 53.4 Å². The van der Waals surface area contributed by atoms with Gasteiger partial charge in [-0.1, -0.05) is 30.3 Å². The van der Waals surface area contributed by atoms with Gasteiger partial charge >= 0.3 is 0 Å². The Hall–Kier alpha value is -2.96. The second-order valence-corrected chi connectivity index (χ2v) is 7.28. The molecule has 1 atom stereocenters. The lowest BCUT2D eigenvalue weighted by atomic mass is 10.1. The van der Waals surface area contributed by atoms with Gasteiger partial charge in [0.25, 0.3) is 5.91 Å². The van der Waals surface area contributed by atoms with Gasteiger partial charge in [0.2, 0.25) is 0 Å². The van der Waals surface area contributed by atoms with Gasteiger partial charge in [0, 0.05) is 37.1 Å². The van der Waals surface area contributed by atoms with E-state index in [2.05, 4.69) is 27.4 Å². The first kappa shape index (κ1) is 19.4. The number of carbonyl (C=O) groups excluding carboxylic acids is 1. The van der Waals surface area contributed by atoms with Crippen molar-refractivity contribution >= 4 is 5.91 Å². The Morgan fingerprint density at radius 3 is 2.45 bits per heavy atom. The highest BCUT2D eigenvalue weighted by Crippen LogP contribution is 2.17. The number of aryl methyl sites for hydroxylation is 1. The van der Waals surface area contributed by atoms with Gasteiger partial charge in [0.15, 0.2) is 0 Å². The second kappa shape index (κ2) is 9.03. The summed E-state index contributed by atoms with van der Waals surface area (Å²) in [5.41, 5.74) is 3.74. The molecule has 29 heavy (non-hydrogen) atoms. The largest absolute Gasteiger partial charge is 0.379 e. The predicted octanol–water partition coefficient (Wildman–Crippen LogP) is 2.98. The molecule has 0 saturated carbocycles. The number of nitrogens with one attached hydrogen (secondary N) is 1. The minimum atomic E-state index is -0.0742. The van der Waals surface area contributed by atoms with E-state index in [0.717, 1.165) is 49.8 Å². The van der Waals surface area contributed by atoms with E-state index in [9.17, 15) is 4.79 Å². The summed E-state index contributed by atoms with van der Waals surface area (Å²) in [5, 5.41) is 7.53. The summed E-state index contributed by atoms with van der Waals surface area (Å²) in [6, 6.07) is 19.6. The van der Waals surface area contributed by atoms with Crippen molar-refractivity contribution in [3.63, 3.8) is 0 Å². The Balaban J connectivity index is 1.49. The van der Waals surface area contributed by atoms with E-state index >= 15 is 0 Å². The van der Waals surface area contributed by atoms with Crippen LogP contribution in [0, 0.1) is 6.92 Å². The van der Waals surface area contributed by atoms with Crippen molar-refractivity contribution in [2.45, 2.75) is 13.0 Å². The molecule has 1 N–H and O–H groups in total. The number of carbonyl (C=O) groups is 1. The van der Waals surface area contributed by atoms with Crippen LogP contribution in [0.1, 0.15) is 27.7 Å². The SMILES string of the molecule is Cc1ccnn1-c1ccc(C(=O)N[C@H](CN2CCOCC2)c2ccccc2)cc1. The molecule has 1 aliphatic heterocycles. The third kappa shape index (κ3) is 4.72. The highest BCUT2D eigenvalue weighted by atomic mass is 16.5. The molecule has 1 fully saturated rings. The van der Waals surface area contributed by atoms with Crippen molar-refractivity contribution in [1.82, 2.24) is 20.0 Å². The van der Waals surface area contributed by atoms with Crippen molar-refractivity contribution in [2.75, 3.05) is 32.8 Å². The molecular weight excluding hydrogens is 364 g/mol. The molecule has 1 aromatic heterocycles. The van der Waals surface area contributed by atoms with Crippen molar-refractivity contribution in [1.29, 1.82) is 0 Å². The van der Waals surface area contributed by atoms with E-state index in [4.69, 9.17) is 4.74 Å². The number of ether oxygens (including phenoxy) is 1. The summed E-state index contributed by atoms with van der Waals surface area (Å²) in [5.74, 6) is -0.0733. The summed E-state index contributed by atoms with van der Waals surface area (Å²) in [6.45, 7) is 6.02. The van der Waals surface area contributed by atoms with Crippen LogP contribution < -0.4 is 5.32 Å². The predicted molar refractivity (Wildman–Crippen MR) is 112 cm³/mol. The number of rotatable bonds is 6. The molecule has 1 saturated heterocycles. The molecule has 0 radical (unpaired) electrons. The van der Waals surface area contributed by atoms with E-state index in [0.29, 0.717) is 5.56 Å². The van der Waals surface area contributed by atoms with Crippen molar-refractivity contribution < 1.29 is 9.53 Å². The fourth-order valence-corrected chi connectivity index (χ4v) is 3.60. The van der Waals surface area contributed by atoms with Crippen LogP contribution in [0.2, 0.25) is 0 Å². The summed E-state index contributed by atoms with van der Waals surface area (Å²) < 4.78 is 7.31. The van der Waals surface area contributed by atoms with Crippen LogP contribution in [-0.2, 0) is 4.74 Å². The first-order chi connectivity index (χ1) is 14.2. The van der Waals surface area contributed by atoms with Gasteiger partial charge < -0.3 is 10.1 Å². The summed E-state index contributed by atoms with van der Waals surface area (Å²) in [4.78, 5) is 15.3. The molecule has 3 aromatic rings. The maximum atomic E-state index is 13.0. The van der Waals surface area contributed by atoms with Crippen LogP contribution in [0.4, 0.5) is 0 Å². The topological polar surface area (TPSA) is 59.4 Å². The van der Waals surface area contributed by atoms with Gasteiger partial charge in [0.05, 0.1) is 24.9 Å². The van der Waals surface area contributed by atoms with Crippen molar-refractivity contribution in [2.24, 2.45) is 0 Å². The first-order valence-electron chi connectivity index (χ1n) is 9.98. The van der Waals surface area contributed by atoms with Crippen LogP contribution in [0.3, 0.4) is 0 Å². The number of benzene rings is 2. The Labute approximate surface area is 171 Å². The summed E-state index contributed by atoms with van der Waals surface area (Å²) in [6.07, 6.45) is 1.77.